The van der Waals surface area contributed by atoms with E-state index >= 15 is 0 Å². The Hall–Kier alpha value is -1.96. The van der Waals surface area contributed by atoms with Gasteiger partial charge in [0, 0.05) is 39.0 Å². The minimum atomic E-state index is -0.0296. The maximum absolute atomic E-state index is 12.9. The molecule has 7 nitrogen and oxygen atoms in total. The van der Waals surface area contributed by atoms with Gasteiger partial charge in [-0.05, 0) is 88.8 Å². The van der Waals surface area contributed by atoms with Crippen LogP contribution < -0.4 is 0 Å². The second-order valence-corrected chi connectivity index (χ2v) is 20.8. The predicted molar refractivity (Wildman–Crippen MR) is 288 cm³/mol. The standard InChI is InChI=1S/C60H112N2O5/c1-6-10-14-18-22-28-36-57(37-29-23-19-15-11-7-2)53-66-59(64)40-32-26-34-46-61(50-51-63)48-49-62(52-56-44-42-55(5)43-45-56)47-35-27-33-41-60(65)67-54-58(38-30-24-20-16-12-8-3)39-31-25-21-17-13-9-4/h42-45,57-58,63H,6-41,46-54H2,1-5H3. The van der Waals surface area contributed by atoms with E-state index in [1.165, 1.54) is 191 Å². The van der Waals surface area contributed by atoms with Gasteiger partial charge in [-0.25, -0.2) is 0 Å². The third-order valence-electron chi connectivity index (χ3n) is 14.2. The van der Waals surface area contributed by atoms with Gasteiger partial charge in [-0.15, -0.1) is 0 Å². The Morgan fingerprint density at radius 1 is 0.433 bits per heavy atom. The van der Waals surface area contributed by atoms with Gasteiger partial charge in [-0.1, -0.05) is 224 Å². The summed E-state index contributed by atoms with van der Waals surface area (Å²) in [6.45, 7) is 17.9. The largest absolute Gasteiger partial charge is 0.465 e. The zero-order valence-corrected chi connectivity index (χ0v) is 45.3. The fourth-order valence-corrected chi connectivity index (χ4v) is 9.59. The Morgan fingerprint density at radius 2 is 0.776 bits per heavy atom. The normalized spacial score (nSPS) is 11.8. The summed E-state index contributed by atoms with van der Waals surface area (Å²) in [5, 5.41) is 9.96. The van der Waals surface area contributed by atoms with Crippen LogP contribution in [-0.4, -0.2) is 79.4 Å². The van der Waals surface area contributed by atoms with Crippen LogP contribution in [0.15, 0.2) is 24.3 Å². The summed E-state index contributed by atoms with van der Waals surface area (Å²) in [6.07, 6.45) is 43.1. The van der Waals surface area contributed by atoms with Crippen molar-refractivity contribution in [3.8, 4) is 0 Å². The van der Waals surface area contributed by atoms with Crippen molar-refractivity contribution >= 4 is 11.9 Å². The molecule has 1 aromatic rings. The minimum Gasteiger partial charge on any atom is -0.465 e. The minimum absolute atomic E-state index is 0.0183. The summed E-state index contributed by atoms with van der Waals surface area (Å²) in [4.78, 5) is 30.7. The highest BCUT2D eigenvalue weighted by Crippen LogP contribution is 2.22. The van der Waals surface area contributed by atoms with Crippen molar-refractivity contribution in [2.45, 2.75) is 272 Å². The molecule has 0 bridgehead atoms. The molecule has 7 heteroatoms. The zero-order valence-electron chi connectivity index (χ0n) is 45.3. The number of carbonyl (C=O) groups excluding carboxylic acids is 2. The number of hydrogen-bond donors (Lipinski definition) is 1. The van der Waals surface area contributed by atoms with Gasteiger partial charge in [0.15, 0.2) is 0 Å². The van der Waals surface area contributed by atoms with Crippen molar-refractivity contribution in [2.75, 3.05) is 52.5 Å². The number of ether oxygens (including phenoxy) is 2. The summed E-state index contributed by atoms with van der Waals surface area (Å²) < 4.78 is 11.8. The van der Waals surface area contributed by atoms with Gasteiger partial charge in [-0.2, -0.15) is 0 Å². The third-order valence-corrected chi connectivity index (χ3v) is 14.2. The van der Waals surface area contributed by atoms with Crippen LogP contribution in [0.1, 0.15) is 270 Å². The molecule has 0 atom stereocenters. The number of aliphatic hydroxyl groups excluding tert-OH is 1. The molecule has 0 aromatic heterocycles. The molecule has 1 N–H and O–H groups in total. The molecule has 1 rings (SSSR count). The first-order valence-electron chi connectivity index (χ1n) is 29.3. The van der Waals surface area contributed by atoms with Gasteiger partial charge in [0.25, 0.3) is 0 Å². The van der Waals surface area contributed by atoms with Crippen LogP contribution in [0.3, 0.4) is 0 Å². The van der Waals surface area contributed by atoms with E-state index in [-0.39, 0.29) is 18.5 Å². The molecule has 0 aliphatic rings. The maximum Gasteiger partial charge on any atom is 0.305 e. The average molecular weight is 942 g/mol. The lowest BCUT2D eigenvalue weighted by atomic mass is 9.94. The highest BCUT2D eigenvalue weighted by molar-refractivity contribution is 5.69. The molecule has 0 fully saturated rings. The van der Waals surface area contributed by atoms with E-state index in [0.29, 0.717) is 44.4 Å². The second-order valence-electron chi connectivity index (χ2n) is 20.8. The molecular weight excluding hydrogens is 829 g/mol. The van der Waals surface area contributed by atoms with Crippen molar-refractivity contribution in [2.24, 2.45) is 11.8 Å². The van der Waals surface area contributed by atoms with Crippen molar-refractivity contribution < 1.29 is 24.2 Å². The average Bonchev–Trinajstić information content (AvgIpc) is 3.33. The topological polar surface area (TPSA) is 79.3 Å². The fourth-order valence-electron chi connectivity index (χ4n) is 9.59. The molecule has 0 saturated heterocycles. The van der Waals surface area contributed by atoms with Crippen molar-refractivity contribution in [1.82, 2.24) is 9.80 Å². The van der Waals surface area contributed by atoms with Gasteiger partial charge in [0.2, 0.25) is 0 Å². The van der Waals surface area contributed by atoms with Crippen LogP contribution >= 0.6 is 0 Å². The van der Waals surface area contributed by atoms with E-state index in [9.17, 15) is 14.7 Å². The van der Waals surface area contributed by atoms with Gasteiger partial charge in [0.05, 0.1) is 19.8 Å². The highest BCUT2D eigenvalue weighted by Gasteiger charge is 2.16. The molecular formula is C60H112N2O5. The second kappa shape index (κ2) is 47.7. The quantitative estimate of drug-likeness (QED) is 0.0515. The molecule has 0 saturated carbocycles. The summed E-state index contributed by atoms with van der Waals surface area (Å²) in [5.41, 5.74) is 2.60. The van der Waals surface area contributed by atoms with E-state index in [1.807, 2.05) is 0 Å². The fraction of sp³-hybridized carbons (Fsp3) is 0.867. The number of esters is 2. The van der Waals surface area contributed by atoms with Gasteiger partial charge >= 0.3 is 11.9 Å². The van der Waals surface area contributed by atoms with Gasteiger partial charge in [-0.3, -0.25) is 19.4 Å². The molecule has 0 spiro atoms. The Balaban J connectivity index is 2.54. The highest BCUT2D eigenvalue weighted by atomic mass is 16.5. The van der Waals surface area contributed by atoms with E-state index in [0.717, 1.165) is 71.2 Å². The summed E-state index contributed by atoms with van der Waals surface area (Å²) in [5.74, 6) is 0.963. The summed E-state index contributed by atoms with van der Waals surface area (Å²) in [6, 6.07) is 8.88. The Labute approximate surface area is 416 Å². The van der Waals surface area contributed by atoms with Crippen LogP contribution in [0.2, 0.25) is 0 Å². The zero-order chi connectivity index (χ0) is 48.7. The Kier molecular flexibility index (Phi) is 44.9. The third kappa shape index (κ3) is 40.5. The van der Waals surface area contributed by atoms with E-state index < -0.39 is 0 Å². The number of unbranched alkanes of at least 4 members (excludes halogenated alkanes) is 24. The molecule has 392 valence electrons. The predicted octanol–water partition coefficient (Wildman–Crippen LogP) is 16.5. The lowest BCUT2D eigenvalue weighted by Crippen LogP contribution is -2.37. The van der Waals surface area contributed by atoms with Gasteiger partial charge in [0.1, 0.15) is 0 Å². The van der Waals surface area contributed by atoms with E-state index in [2.05, 4.69) is 68.7 Å². The van der Waals surface area contributed by atoms with Crippen LogP contribution in [0.5, 0.6) is 0 Å². The Morgan fingerprint density at radius 3 is 1.16 bits per heavy atom. The van der Waals surface area contributed by atoms with Crippen molar-refractivity contribution in [3.63, 3.8) is 0 Å². The molecule has 0 heterocycles. The lowest BCUT2D eigenvalue weighted by Gasteiger charge is -2.27. The summed E-state index contributed by atoms with van der Waals surface area (Å²) in [7, 11) is 0. The van der Waals surface area contributed by atoms with Crippen LogP contribution in [0, 0.1) is 18.8 Å². The molecule has 0 radical (unpaired) electrons. The molecule has 67 heavy (non-hydrogen) atoms. The molecule has 0 aliphatic heterocycles. The number of hydrogen-bond acceptors (Lipinski definition) is 7. The van der Waals surface area contributed by atoms with Crippen LogP contribution in [0.25, 0.3) is 0 Å². The molecule has 0 unspecified atom stereocenters. The van der Waals surface area contributed by atoms with Gasteiger partial charge < -0.3 is 14.6 Å². The first-order valence-corrected chi connectivity index (χ1v) is 29.3. The Bertz CT molecular complexity index is 1180. The number of carbonyl (C=O) groups is 2. The number of aryl methyl sites for hydroxylation is 1. The number of aliphatic hydroxyl groups is 1. The van der Waals surface area contributed by atoms with E-state index in [1.54, 1.807) is 0 Å². The first-order chi connectivity index (χ1) is 32.8. The van der Waals surface area contributed by atoms with Crippen molar-refractivity contribution in [3.05, 3.63) is 35.4 Å². The molecule has 0 amide bonds. The lowest BCUT2D eigenvalue weighted by molar-refractivity contribution is -0.146. The number of nitrogens with zero attached hydrogens (tertiary/aromatic N) is 2. The SMILES string of the molecule is CCCCCCCCC(CCCCCCCC)COC(=O)CCCCCN(CCO)CCN(CCCCCC(=O)OCC(CCCCCCCC)CCCCCCCC)Cc1ccc(C)cc1. The summed E-state index contributed by atoms with van der Waals surface area (Å²) >= 11 is 0. The number of rotatable bonds is 51. The number of benzene rings is 1. The molecule has 0 aliphatic carbocycles. The monoisotopic (exact) mass is 941 g/mol. The molecule has 1 aromatic carbocycles. The van der Waals surface area contributed by atoms with Crippen LogP contribution in [-0.2, 0) is 25.6 Å². The smallest absolute Gasteiger partial charge is 0.305 e. The van der Waals surface area contributed by atoms with Crippen LogP contribution in [0.4, 0.5) is 0 Å². The van der Waals surface area contributed by atoms with Crippen molar-refractivity contribution in [1.29, 1.82) is 0 Å². The maximum atomic E-state index is 12.9. The first kappa shape index (κ1) is 63.1. The van der Waals surface area contributed by atoms with E-state index in [4.69, 9.17) is 9.47 Å².